The Morgan fingerprint density at radius 2 is 1.87 bits per heavy atom. The van der Waals surface area contributed by atoms with Crippen molar-refractivity contribution in [3.63, 3.8) is 0 Å². The van der Waals surface area contributed by atoms with Gasteiger partial charge in [0.25, 0.3) is 0 Å². The second-order valence-electron chi connectivity index (χ2n) is 7.92. The topological polar surface area (TPSA) is 83.6 Å². The van der Waals surface area contributed by atoms with E-state index < -0.39 is 26.8 Å². The molecule has 1 heterocycles. The lowest BCUT2D eigenvalue weighted by atomic mass is 10.2. The Labute approximate surface area is 175 Å². The van der Waals surface area contributed by atoms with Crippen LogP contribution in [0, 0.1) is 11.7 Å². The zero-order chi connectivity index (χ0) is 21.5. The summed E-state index contributed by atoms with van der Waals surface area (Å²) in [6.07, 6.45) is 2.25. The maximum Gasteiger partial charge on any atom is 0.230 e. The van der Waals surface area contributed by atoms with Crippen LogP contribution in [0.15, 0.2) is 47.4 Å². The smallest absolute Gasteiger partial charge is 0.230 e. The van der Waals surface area contributed by atoms with Crippen molar-refractivity contribution in [2.45, 2.75) is 42.8 Å². The van der Waals surface area contributed by atoms with Crippen molar-refractivity contribution >= 4 is 33.0 Å². The maximum absolute atomic E-state index is 13.0. The number of carbonyl (C=O) groups excluding carboxylic acids is 2. The number of hydrogen-bond donors (Lipinski definition) is 1. The molecule has 0 aromatic heterocycles. The van der Waals surface area contributed by atoms with Crippen LogP contribution < -0.4 is 10.2 Å². The second kappa shape index (κ2) is 7.83. The van der Waals surface area contributed by atoms with Crippen LogP contribution in [0.3, 0.4) is 0 Å². The summed E-state index contributed by atoms with van der Waals surface area (Å²) in [6.45, 7) is 2.07. The Morgan fingerprint density at radius 1 is 1.17 bits per heavy atom. The van der Waals surface area contributed by atoms with Gasteiger partial charge < -0.3 is 10.2 Å². The molecule has 1 aliphatic heterocycles. The fourth-order valence-corrected chi connectivity index (χ4v) is 5.08. The van der Waals surface area contributed by atoms with E-state index in [0.717, 1.165) is 24.1 Å². The van der Waals surface area contributed by atoms with Gasteiger partial charge >= 0.3 is 0 Å². The van der Waals surface area contributed by atoms with E-state index in [0.29, 0.717) is 18.7 Å². The molecule has 2 aromatic rings. The van der Waals surface area contributed by atoms with Crippen molar-refractivity contribution < 1.29 is 22.4 Å². The van der Waals surface area contributed by atoms with Crippen molar-refractivity contribution in [3.8, 4) is 0 Å². The summed E-state index contributed by atoms with van der Waals surface area (Å²) in [5.74, 6) is -0.646. The molecule has 0 spiro atoms. The number of carbonyl (C=O) groups is 2. The molecule has 1 atom stereocenters. The van der Waals surface area contributed by atoms with Crippen LogP contribution in [0.1, 0.15) is 31.7 Å². The number of benzene rings is 2. The lowest BCUT2D eigenvalue weighted by Crippen LogP contribution is -2.30. The summed E-state index contributed by atoms with van der Waals surface area (Å²) < 4.78 is 38.9. The van der Waals surface area contributed by atoms with Gasteiger partial charge in [-0.3, -0.25) is 9.59 Å². The molecule has 6 nitrogen and oxygen atoms in total. The molecule has 0 saturated heterocycles. The maximum atomic E-state index is 13.0. The SMILES string of the molecule is CC(CC(=O)Nc1ccc(F)cc1)S(=O)(=O)c1ccc2c(c1)CCN2C(=O)C1CC1. The van der Waals surface area contributed by atoms with E-state index in [1.807, 2.05) is 0 Å². The van der Waals surface area contributed by atoms with E-state index in [4.69, 9.17) is 0 Å². The second-order valence-corrected chi connectivity index (χ2v) is 10.3. The van der Waals surface area contributed by atoms with Gasteiger partial charge in [0.05, 0.1) is 10.1 Å². The molecule has 1 aliphatic carbocycles. The van der Waals surface area contributed by atoms with Crippen molar-refractivity contribution in [1.82, 2.24) is 0 Å². The number of hydrogen-bond acceptors (Lipinski definition) is 4. The Hall–Kier alpha value is -2.74. The number of nitrogens with zero attached hydrogens (tertiary/aromatic N) is 1. The predicted octanol–water partition coefficient (Wildman–Crippen LogP) is 3.32. The number of halogens is 1. The normalized spacial score (nSPS) is 16.8. The fraction of sp³-hybridized carbons (Fsp3) is 0.364. The number of nitrogens with one attached hydrogen (secondary N) is 1. The van der Waals surface area contributed by atoms with Crippen LogP contribution in [0.4, 0.5) is 15.8 Å². The lowest BCUT2D eigenvalue weighted by Gasteiger charge is -2.18. The Morgan fingerprint density at radius 3 is 2.53 bits per heavy atom. The van der Waals surface area contributed by atoms with Crippen LogP contribution in [0.2, 0.25) is 0 Å². The van der Waals surface area contributed by atoms with Crippen molar-refractivity contribution in [2.24, 2.45) is 5.92 Å². The minimum atomic E-state index is -3.72. The number of fused-ring (bicyclic) bond motifs is 1. The van der Waals surface area contributed by atoms with Crippen molar-refractivity contribution in [2.75, 3.05) is 16.8 Å². The Kier molecular flexibility index (Phi) is 5.36. The molecule has 30 heavy (non-hydrogen) atoms. The van der Waals surface area contributed by atoms with Gasteiger partial charge in [0.1, 0.15) is 5.82 Å². The Bertz CT molecular complexity index is 1090. The zero-order valence-electron chi connectivity index (χ0n) is 16.6. The van der Waals surface area contributed by atoms with Crippen LogP contribution in [-0.4, -0.2) is 32.0 Å². The molecule has 1 fully saturated rings. The standard InChI is InChI=1S/C22H23FN2O4S/c1-14(12-21(26)24-18-6-4-17(23)5-7-18)30(28,29)19-8-9-20-16(13-19)10-11-25(20)22(27)15-2-3-15/h4-9,13-15H,2-3,10-12H2,1H3,(H,24,26). The summed E-state index contributed by atoms with van der Waals surface area (Å²) in [5, 5.41) is 1.66. The first-order valence-electron chi connectivity index (χ1n) is 9.99. The molecule has 0 bridgehead atoms. The fourth-order valence-electron chi connectivity index (χ4n) is 3.68. The first-order chi connectivity index (χ1) is 14.3. The third-order valence-electron chi connectivity index (χ3n) is 5.60. The number of rotatable bonds is 6. The largest absolute Gasteiger partial charge is 0.326 e. The molecule has 2 amide bonds. The molecule has 8 heteroatoms. The van der Waals surface area contributed by atoms with E-state index in [9.17, 15) is 22.4 Å². The first kappa shape index (κ1) is 20.5. The highest BCUT2D eigenvalue weighted by atomic mass is 32.2. The van der Waals surface area contributed by atoms with Crippen LogP contribution in [0.25, 0.3) is 0 Å². The van der Waals surface area contributed by atoms with E-state index in [-0.39, 0.29) is 23.1 Å². The highest BCUT2D eigenvalue weighted by Gasteiger charge is 2.37. The average Bonchev–Trinajstić information content (AvgIpc) is 3.48. The van der Waals surface area contributed by atoms with Gasteiger partial charge in [0, 0.05) is 30.3 Å². The van der Waals surface area contributed by atoms with Crippen LogP contribution in [-0.2, 0) is 25.8 Å². The first-order valence-corrected chi connectivity index (χ1v) is 11.5. The summed E-state index contributed by atoms with van der Waals surface area (Å²) in [6, 6.07) is 10.1. The highest BCUT2D eigenvalue weighted by Crippen LogP contribution is 2.37. The van der Waals surface area contributed by atoms with E-state index in [1.54, 1.807) is 17.0 Å². The predicted molar refractivity (Wildman–Crippen MR) is 112 cm³/mol. The minimum Gasteiger partial charge on any atom is -0.326 e. The van der Waals surface area contributed by atoms with E-state index in [1.165, 1.54) is 37.3 Å². The van der Waals surface area contributed by atoms with Gasteiger partial charge in [-0.15, -0.1) is 0 Å². The van der Waals surface area contributed by atoms with Gasteiger partial charge in [0.2, 0.25) is 11.8 Å². The molecule has 1 N–H and O–H groups in total. The molecule has 0 radical (unpaired) electrons. The molecule has 2 aliphatic rings. The van der Waals surface area contributed by atoms with E-state index in [2.05, 4.69) is 5.32 Å². The minimum absolute atomic E-state index is 0.110. The van der Waals surface area contributed by atoms with Crippen molar-refractivity contribution in [1.29, 1.82) is 0 Å². The average molecular weight is 431 g/mol. The highest BCUT2D eigenvalue weighted by molar-refractivity contribution is 7.92. The molecule has 1 saturated carbocycles. The lowest BCUT2D eigenvalue weighted by molar-refractivity contribution is -0.119. The molecular formula is C22H23FN2O4S. The summed E-state index contributed by atoms with van der Waals surface area (Å²) in [4.78, 5) is 26.5. The molecule has 4 rings (SSSR count). The van der Waals surface area contributed by atoms with Crippen molar-refractivity contribution in [3.05, 3.63) is 53.8 Å². The summed E-state index contributed by atoms with van der Waals surface area (Å²) >= 11 is 0. The number of amides is 2. The number of sulfone groups is 1. The van der Waals surface area contributed by atoms with E-state index >= 15 is 0 Å². The molecule has 2 aromatic carbocycles. The third kappa shape index (κ3) is 4.09. The molecule has 158 valence electrons. The number of anilines is 2. The van der Waals surface area contributed by atoms with Crippen LogP contribution >= 0.6 is 0 Å². The van der Waals surface area contributed by atoms with Gasteiger partial charge in [-0.1, -0.05) is 0 Å². The third-order valence-corrected chi connectivity index (χ3v) is 7.74. The monoisotopic (exact) mass is 430 g/mol. The van der Waals surface area contributed by atoms with Gasteiger partial charge in [-0.05, 0) is 74.2 Å². The van der Waals surface area contributed by atoms with Gasteiger partial charge in [0.15, 0.2) is 9.84 Å². The van der Waals surface area contributed by atoms with Crippen LogP contribution in [0.5, 0.6) is 0 Å². The van der Waals surface area contributed by atoms with Gasteiger partial charge in [-0.2, -0.15) is 0 Å². The zero-order valence-corrected chi connectivity index (χ0v) is 17.4. The quantitative estimate of drug-likeness (QED) is 0.762. The molecular weight excluding hydrogens is 407 g/mol. The van der Waals surface area contributed by atoms with Gasteiger partial charge in [-0.25, -0.2) is 12.8 Å². The summed E-state index contributed by atoms with van der Waals surface area (Å²) in [7, 11) is -3.72. The molecule has 1 unspecified atom stereocenters. The Balaban J connectivity index is 1.45. The summed E-state index contributed by atoms with van der Waals surface area (Å²) in [5.41, 5.74) is 2.03.